The molecule has 0 amide bonds. The Hall–Kier alpha value is -1.33. The van der Waals surface area contributed by atoms with Gasteiger partial charge in [-0.1, -0.05) is 49.2 Å². The van der Waals surface area contributed by atoms with Crippen molar-refractivity contribution in [1.82, 2.24) is 9.88 Å². The lowest BCUT2D eigenvalue weighted by Crippen LogP contribution is -2.33. The zero-order chi connectivity index (χ0) is 21.8. The lowest BCUT2D eigenvalue weighted by molar-refractivity contribution is 0.202. The average molecular weight is 478 g/mol. The number of likely N-dealkylation sites (tertiary alicyclic amines) is 1. The van der Waals surface area contributed by atoms with Crippen LogP contribution in [-0.2, 0) is 0 Å². The van der Waals surface area contributed by atoms with Crippen LogP contribution in [0.5, 0.6) is 5.75 Å². The topological polar surface area (TPSA) is 25.4 Å². The van der Waals surface area contributed by atoms with E-state index in [0.29, 0.717) is 16.9 Å². The first-order valence-electron chi connectivity index (χ1n) is 11.2. The SMILES string of the molecule is CC(C)c1nc2cc(OCCCCN3CCC(c4cccc(Cl)c4Cl)CC3)ccc2s1. The van der Waals surface area contributed by atoms with E-state index in [1.807, 2.05) is 12.1 Å². The molecule has 3 nitrogen and oxygen atoms in total. The first-order valence-corrected chi connectivity index (χ1v) is 12.8. The fourth-order valence-electron chi connectivity index (χ4n) is 4.19. The van der Waals surface area contributed by atoms with E-state index < -0.39 is 0 Å². The Morgan fingerprint density at radius 2 is 1.94 bits per heavy atom. The Morgan fingerprint density at radius 1 is 1.13 bits per heavy atom. The summed E-state index contributed by atoms with van der Waals surface area (Å²) in [4.78, 5) is 7.29. The Balaban J connectivity index is 1.17. The van der Waals surface area contributed by atoms with Gasteiger partial charge in [-0.05, 0) is 75.0 Å². The molecule has 1 aromatic heterocycles. The second-order valence-corrected chi connectivity index (χ2v) is 10.5. The third-order valence-electron chi connectivity index (χ3n) is 6.02. The highest BCUT2D eigenvalue weighted by Crippen LogP contribution is 2.36. The maximum atomic E-state index is 6.42. The van der Waals surface area contributed by atoms with Crippen LogP contribution < -0.4 is 4.74 Å². The van der Waals surface area contributed by atoms with E-state index in [1.54, 1.807) is 11.3 Å². The van der Waals surface area contributed by atoms with Crippen LogP contribution >= 0.6 is 34.5 Å². The molecular weight excluding hydrogens is 447 g/mol. The van der Waals surface area contributed by atoms with Gasteiger partial charge < -0.3 is 9.64 Å². The molecule has 4 rings (SSSR count). The van der Waals surface area contributed by atoms with Gasteiger partial charge in [0, 0.05) is 12.0 Å². The molecule has 1 saturated heterocycles. The van der Waals surface area contributed by atoms with Crippen LogP contribution in [0.4, 0.5) is 0 Å². The number of fused-ring (bicyclic) bond motifs is 1. The minimum atomic E-state index is 0.467. The third kappa shape index (κ3) is 5.73. The number of hydrogen-bond donors (Lipinski definition) is 0. The van der Waals surface area contributed by atoms with Crippen molar-refractivity contribution in [2.24, 2.45) is 0 Å². The molecule has 0 spiro atoms. The molecule has 0 radical (unpaired) electrons. The molecule has 0 atom stereocenters. The summed E-state index contributed by atoms with van der Waals surface area (Å²) in [6.45, 7) is 8.48. The van der Waals surface area contributed by atoms with Gasteiger partial charge in [0.2, 0.25) is 0 Å². The molecule has 0 N–H and O–H groups in total. The van der Waals surface area contributed by atoms with Crippen molar-refractivity contribution in [3.05, 3.63) is 57.0 Å². The molecule has 1 aliphatic rings. The van der Waals surface area contributed by atoms with Crippen molar-refractivity contribution >= 4 is 44.8 Å². The molecule has 1 aliphatic heterocycles. The van der Waals surface area contributed by atoms with Gasteiger partial charge in [-0.25, -0.2) is 4.98 Å². The highest BCUT2D eigenvalue weighted by atomic mass is 35.5. The second kappa shape index (κ2) is 10.5. The molecule has 0 bridgehead atoms. The van der Waals surface area contributed by atoms with Gasteiger partial charge in [0.15, 0.2) is 0 Å². The number of rotatable bonds is 8. The molecule has 1 fully saturated rings. The summed E-state index contributed by atoms with van der Waals surface area (Å²) < 4.78 is 7.23. The number of hydrogen-bond acceptors (Lipinski definition) is 4. The van der Waals surface area contributed by atoms with Crippen LogP contribution in [0.3, 0.4) is 0 Å². The molecule has 0 saturated carbocycles. The van der Waals surface area contributed by atoms with Crippen molar-refractivity contribution in [1.29, 1.82) is 0 Å². The molecule has 0 unspecified atom stereocenters. The van der Waals surface area contributed by atoms with Crippen molar-refractivity contribution in [2.45, 2.75) is 51.4 Å². The molecular formula is C25H30Cl2N2OS. The summed E-state index contributed by atoms with van der Waals surface area (Å²) in [7, 11) is 0. The normalized spacial score (nSPS) is 15.8. The van der Waals surface area contributed by atoms with Crippen LogP contribution in [0, 0.1) is 0 Å². The predicted molar refractivity (Wildman–Crippen MR) is 133 cm³/mol. The molecule has 166 valence electrons. The van der Waals surface area contributed by atoms with E-state index in [9.17, 15) is 0 Å². The number of halogens is 2. The van der Waals surface area contributed by atoms with Gasteiger partial charge in [0.05, 0.1) is 31.9 Å². The number of nitrogens with zero attached hydrogens (tertiary/aromatic N) is 2. The van der Waals surface area contributed by atoms with Crippen LogP contribution in [0.2, 0.25) is 10.0 Å². The summed E-state index contributed by atoms with van der Waals surface area (Å²) in [6.07, 6.45) is 4.50. The first kappa shape index (κ1) is 22.8. The van der Waals surface area contributed by atoms with Crippen molar-refractivity contribution in [3.8, 4) is 5.75 Å². The minimum absolute atomic E-state index is 0.467. The van der Waals surface area contributed by atoms with Gasteiger partial charge in [0.1, 0.15) is 5.75 Å². The third-order valence-corrected chi connectivity index (χ3v) is 8.19. The summed E-state index contributed by atoms with van der Waals surface area (Å²) in [5, 5.41) is 2.58. The molecule has 3 aromatic rings. The number of aromatic nitrogens is 1. The molecule has 6 heteroatoms. The highest BCUT2D eigenvalue weighted by Gasteiger charge is 2.22. The number of unbranched alkanes of at least 4 members (excludes halogenated alkanes) is 1. The predicted octanol–water partition coefficient (Wildman–Crippen LogP) is 7.77. The molecule has 0 aliphatic carbocycles. The standard InChI is InChI=1S/C25H30Cl2N2OS/c1-17(2)25-28-22-16-19(8-9-23(22)31-25)30-15-4-3-12-29-13-10-18(11-14-29)20-6-5-7-21(26)24(20)27/h5-9,16-18H,3-4,10-15H2,1-2H3. The van der Waals surface area contributed by atoms with E-state index in [1.165, 1.54) is 15.3 Å². The lowest BCUT2D eigenvalue weighted by Gasteiger charge is -2.32. The van der Waals surface area contributed by atoms with Gasteiger partial charge in [-0.3, -0.25) is 0 Å². The molecule has 2 heterocycles. The minimum Gasteiger partial charge on any atom is -0.494 e. The van der Waals surface area contributed by atoms with Crippen molar-refractivity contribution in [3.63, 3.8) is 0 Å². The molecule has 31 heavy (non-hydrogen) atoms. The number of piperidine rings is 1. The van der Waals surface area contributed by atoms with E-state index >= 15 is 0 Å². The highest BCUT2D eigenvalue weighted by molar-refractivity contribution is 7.18. The average Bonchev–Trinajstić information content (AvgIpc) is 3.20. The lowest BCUT2D eigenvalue weighted by atomic mass is 9.89. The second-order valence-electron chi connectivity index (χ2n) is 8.65. The zero-order valence-electron chi connectivity index (χ0n) is 18.2. The first-order chi connectivity index (χ1) is 15.0. The van der Waals surface area contributed by atoms with Gasteiger partial charge in [-0.15, -0.1) is 11.3 Å². The fourth-order valence-corrected chi connectivity index (χ4v) is 5.61. The summed E-state index contributed by atoms with van der Waals surface area (Å²) in [5.41, 5.74) is 2.26. The number of benzene rings is 2. The van der Waals surface area contributed by atoms with E-state index in [4.69, 9.17) is 32.9 Å². The van der Waals surface area contributed by atoms with Crippen molar-refractivity contribution < 1.29 is 4.74 Å². The monoisotopic (exact) mass is 476 g/mol. The van der Waals surface area contributed by atoms with E-state index in [-0.39, 0.29) is 0 Å². The summed E-state index contributed by atoms with van der Waals surface area (Å²) >= 11 is 14.4. The van der Waals surface area contributed by atoms with Crippen LogP contribution in [0.15, 0.2) is 36.4 Å². The van der Waals surface area contributed by atoms with E-state index in [0.717, 1.165) is 68.2 Å². The van der Waals surface area contributed by atoms with Gasteiger partial charge >= 0.3 is 0 Å². The van der Waals surface area contributed by atoms with Crippen LogP contribution in [0.1, 0.15) is 61.9 Å². The smallest absolute Gasteiger partial charge is 0.121 e. The van der Waals surface area contributed by atoms with Gasteiger partial charge in [0.25, 0.3) is 0 Å². The Morgan fingerprint density at radius 3 is 2.71 bits per heavy atom. The Bertz CT molecular complexity index is 1010. The Labute approximate surface area is 199 Å². The maximum absolute atomic E-state index is 6.42. The largest absolute Gasteiger partial charge is 0.494 e. The summed E-state index contributed by atoms with van der Waals surface area (Å²) in [5.74, 6) is 1.91. The molecule has 2 aromatic carbocycles. The van der Waals surface area contributed by atoms with E-state index in [2.05, 4.69) is 43.0 Å². The van der Waals surface area contributed by atoms with Gasteiger partial charge in [-0.2, -0.15) is 0 Å². The van der Waals surface area contributed by atoms with Crippen LogP contribution in [0.25, 0.3) is 10.2 Å². The zero-order valence-corrected chi connectivity index (χ0v) is 20.6. The Kier molecular flexibility index (Phi) is 7.76. The van der Waals surface area contributed by atoms with Crippen molar-refractivity contribution in [2.75, 3.05) is 26.2 Å². The quantitative estimate of drug-likeness (QED) is 0.310. The number of thiazole rings is 1. The summed E-state index contributed by atoms with van der Waals surface area (Å²) in [6, 6.07) is 12.3. The fraction of sp³-hybridized carbons (Fsp3) is 0.480. The number of ether oxygens (including phenoxy) is 1. The maximum Gasteiger partial charge on any atom is 0.121 e. The van der Waals surface area contributed by atoms with Crippen LogP contribution in [-0.4, -0.2) is 36.1 Å².